The van der Waals surface area contributed by atoms with Crippen molar-refractivity contribution in [2.45, 2.75) is 37.8 Å². The Balaban J connectivity index is 1.25. The molecule has 2 aliphatic heterocycles. The zero-order chi connectivity index (χ0) is 24.8. The van der Waals surface area contributed by atoms with Crippen LogP contribution >= 0.6 is 11.6 Å². The fourth-order valence-electron chi connectivity index (χ4n) is 4.67. The van der Waals surface area contributed by atoms with Crippen molar-refractivity contribution >= 4 is 29.0 Å². The van der Waals surface area contributed by atoms with Gasteiger partial charge in [0.25, 0.3) is 5.91 Å². The maximum atomic E-state index is 13.1. The lowest BCUT2D eigenvalue weighted by molar-refractivity contribution is 0.00606. The smallest absolute Gasteiger partial charge is 0.255 e. The highest BCUT2D eigenvalue weighted by Crippen LogP contribution is 2.38. The monoisotopic (exact) mass is 498 g/mol. The molecule has 2 atom stereocenters. The first-order valence-electron chi connectivity index (χ1n) is 11.9. The van der Waals surface area contributed by atoms with Crippen LogP contribution in [-0.2, 0) is 11.2 Å². The number of halogens is 1. The summed E-state index contributed by atoms with van der Waals surface area (Å²) in [5, 5.41) is 15.9. The van der Waals surface area contributed by atoms with Gasteiger partial charge in [0.2, 0.25) is 0 Å². The van der Waals surface area contributed by atoms with Gasteiger partial charge in [-0.2, -0.15) is 5.26 Å². The second kappa shape index (κ2) is 11.6. The number of methoxy groups -OCH3 is 1. The number of nitrogens with two attached hydrogens (primary N) is 1. The first kappa shape index (κ1) is 25.0. The number of carbonyl (C=O) groups is 1. The first-order chi connectivity index (χ1) is 17.0. The molecular weight excluding hydrogens is 468 g/mol. The minimum Gasteiger partial charge on any atom is -0.492 e. The molecule has 0 unspecified atom stereocenters. The molecule has 10 heteroatoms. The zero-order valence-corrected chi connectivity index (χ0v) is 20.6. The molecule has 2 aliphatic rings. The number of anilines is 2. The molecule has 0 aliphatic carbocycles. The molecule has 2 aromatic rings. The van der Waals surface area contributed by atoms with E-state index < -0.39 is 0 Å². The Morgan fingerprint density at radius 2 is 2.31 bits per heavy atom. The first-order valence-corrected chi connectivity index (χ1v) is 12.3. The topological polar surface area (TPSA) is 126 Å². The van der Waals surface area contributed by atoms with Crippen LogP contribution in [0.3, 0.4) is 0 Å². The van der Waals surface area contributed by atoms with Crippen LogP contribution in [0.1, 0.15) is 40.7 Å². The van der Waals surface area contributed by atoms with E-state index in [1.54, 1.807) is 31.5 Å². The number of nitrogens with zero attached hydrogens (tertiary/aromatic N) is 3. The number of unbranched alkanes of at least 4 members (excludes halogenated alkanes) is 1. The second-order valence-corrected chi connectivity index (χ2v) is 9.22. The number of hydrogen-bond donors (Lipinski definition) is 3. The maximum absolute atomic E-state index is 13.1. The van der Waals surface area contributed by atoms with Gasteiger partial charge < -0.3 is 30.7 Å². The number of nitrogen functional groups attached to an aromatic ring is 1. The van der Waals surface area contributed by atoms with E-state index in [4.69, 9.17) is 32.1 Å². The molecule has 3 heterocycles. The Bertz CT molecular complexity index is 1110. The molecule has 1 aromatic heterocycles. The summed E-state index contributed by atoms with van der Waals surface area (Å²) in [7, 11) is 1.68. The predicted molar refractivity (Wildman–Crippen MR) is 135 cm³/mol. The van der Waals surface area contributed by atoms with Gasteiger partial charge in [-0.25, -0.2) is 4.98 Å². The Labute approximate surface area is 210 Å². The van der Waals surface area contributed by atoms with Crippen LogP contribution in [0.15, 0.2) is 24.4 Å². The number of amides is 1. The van der Waals surface area contributed by atoms with Gasteiger partial charge in [-0.3, -0.25) is 4.79 Å². The fourth-order valence-corrected chi connectivity index (χ4v) is 4.90. The van der Waals surface area contributed by atoms with Gasteiger partial charge in [-0.15, -0.1) is 0 Å². The Morgan fingerprint density at radius 3 is 3.11 bits per heavy atom. The third-order valence-corrected chi connectivity index (χ3v) is 6.91. The number of rotatable bonds is 9. The summed E-state index contributed by atoms with van der Waals surface area (Å²) < 4.78 is 11.4. The third kappa shape index (κ3) is 5.78. The molecule has 35 heavy (non-hydrogen) atoms. The highest BCUT2D eigenvalue weighted by Gasteiger charge is 2.32. The van der Waals surface area contributed by atoms with Crippen LogP contribution in [0.25, 0.3) is 0 Å². The summed E-state index contributed by atoms with van der Waals surface area (Å²) in [6.07, 6.45) is 4.96. The second-order valence-electron chi connectivity index (χ2n) is 8.81. The molecule has 0 radical (unpaired) electrons. The number of nitrogens with one attached hydrogen (secondary N) is 2. The molecule has 0 bridgehead atoms. The maximum Gasteiger partial charge on any atom is 0.255 e. The van der Waals surface area contributed by atoms with Gasteiger partial charge in [0.15, 0.2) is 0 Å². The van der Waals surface area contributed by atoms with Gasteiger partial charge in [-0.05, 0) is 44.0 Å². The molecule has 4 N–H and O–H groups in total. The highest BCUT2D eigenvalue weighted by atomic mass is 35.5. The number of benzene rings is 1. The number of fused-ring (bicyclic) bond motifs is 1. The standard InChI is InChI=1S/C25H31ClN6O3/c1-34-21-15-32(10-3-2-8-29-24-16(14-27)5-4-9-30-24)11-6-20(21)31-25(33)18-13-19(26)22(28)17-7-12-35-23(17)18/h4-5,9,13,20-21H,2-3,6-8,10-12,15,28H2,1H3,(H,29,30)(H,31,33)/t20-,21+/m0/s1. The summed E-state index contributed by atoms with van der Waals surface area (Å²) in [4.78, 5) is 19.7. The lowest BCUT2D eigenvalue weighted by Crippen LogP contribution is -2.54. The van der Waals surface area contributed by atoms with E-state index in [0.717, 1.165) is 51.0 Å². The Kier molecular flexibility index (Phi) is 8.29. The number of ether oxygens (including phenoxy) is 2. The SMILES string of the molecule is CO[C@@H]1CN(CCCCNc2ncccc2C#N)CC[C@@H]1NC(=O)c1cc(Cl)c(N)c2c1OCC2. The number of nitriles is 1. The molecule has 0 spiro atoms. The van der Waals surface area contributed by atoms with E-state index in [1.165, 1.54) is 0 Å². The Hall–Kier alpha value is -3.06. The quantitative estimate of drug-likeness (QED) is 0.356. The van der Waals surface area contributed by atoms with E-state index in [9.17, 15) is 4.79 Å². The van der Waals surface area contributed by atoms with Crippen molar-refractivity contribution in [2.24, 2.45) is 0 Å². The van der Waals surface area contributed by atoms with Crippen LogP contribution in [0.2, 0.25) is 5.02 Å². The number of piperidine rings is 1. The van der Waals surface area contributed by atoms with Gasteiger partial charge >= 0.3 is 0 Å². The van der Waals surface area contributed by atoms with E-state index in [1.807, 2.05) is 0 Å². The number of likely N-dealkylation sites (tertiary alicyclic amines) is 1. The van der Waals surface area contributed by atoms with Crippen molar-refractivity contribution in [2.75, 3.05) is 50.9 Å². The van der Waals surface area contributed by atoms with Crippen molar-refractivity contribution in [3.05, 3.63) is 46.1 Å². The summed E-state index contributed by atoms with van der Waals surface area (Å²) in [5.74, 6) is 0.948. The van der Waals surface area contributed by atoms with E-state index in [2.05, 4.69) is 26.6 Å². The van der Waals surface area contributed by atoms with Crippen LogP contribution < -0.4 is 21.1 Å². The summed E-state index contributed by atoms with van der Waals surface area (Å²) in [6, 6.07) is 7.15. The van der Waals surface area contributed by atoms with E-state index >= 15 is 0 Å². The number of aromatic nitrogens is 1. The van der Waals surface area contributed by atoms with E-state index in [-0.39, 0.29) is 18.1 Å². The van der Waals surface area contributed by atoms with Gasteiger partial charge in [0.05, 0.1) is 40.6 Å². The number of pyridine rings is 1. The van der Waals surface area contributed by atoms with Crippen molar-refractivity contribution < 1.29 is 14.3 Å². The molecule has 4 rings (SSSR count). The molecule has 1 saturated heterocycles. The lowest BCUT2D eigenvalue weighted by Gasteiger charge is -2.38. The number of hydrogen-bond acceptors (Lipinski definition) is 8. The van der Waals surface area contributed by atoms with Crippen LogP contribution in [0, 0.1) is 11.3 Å². The minimum absolute atomic E-state index is 0.104. The van der Waals surface area contributed by atoms with Crippen LogP contribution in [0.5, 0.6) is 5.75 Å². The van der Waals surface area contributed by atoms with Gasteiger partial charge in [0.1, 0.15) is 17.6 Å². The molecule has 1 fully saturated rings. The Morgan fingerprint density at radius 1 is 1.46 bits per heavy atom. The van der Waals surface area contributed by atoms with Gasteiger partial charge in [-0.1, -0.05) is 11.6 Å². The van der Waals surface area contributed by atoms with Crippen LogP contribution in [0.4, 0.5) is 11.5 Å². The largest absolute Gasteiger partial charge is 0.492 e. The lowest BCUT2D eigenvalue weighted by atomic mass is 9.99. The number of carbonyl (C=O) groups excluding carboxylic acids is 1. The molecule has 1 aromatic carbocycles. The van der Waals surface area contributed by atoms with Crippen molar-refractivity contribution in [3.8, 4) is 11.8 Å². The van der Waals surface area contributed by atoms with Gasteiger partial charge in [0, 0.05) is 44.9 Å². The normalized spacial score (nSPS) is 19.5. The summed E-state index contributed by atoms with van der Waals surface area (Å²) >= 11 is 6.27. The third-order valence-electron chi connectivity index (χ3n) is 6.60. The highest BCUT2D eigenvalue weighted by molar-refractivity contribution is 6.33. The van der Waals surface area contributed by atoms with Crippen LogP contribution in [-0.4, -0.2) is 67.8 Å². The molecule has 9 nitrogen and oxygen atoms in total. The van der Waals surface area contributed by atoms with Crippen molar-refractivity contribution in [3.63, 3.8) is 0 Å². The summed E-state index contributed by atoms with van der Waals surface area (Å²) in [5.41, 5.74) is 8.33. The predicted octanol–water partition coefficient (Wildman–Crippen LogP) is 2.84. The fraction of sp³-hybridized carbons (Fsp3) is 0.480. The average molecular weight is 499 g/mol. The average Bonchev–Trinajstić information content (AvgIpc) is 3.37. The minimum atomic E-state index is -0.220. The summed E-state index contributed by atoms with van der Waals surface area (Å²) in [6.45, 7) is 3.79. The zero-order valence-electron chi connectivity index (χ0n) is 19.8. The van der Waals surface area contributed by atoms with Crippen molar-refractivity contribution in [1.29, 1.82) is 5.26 Å². The molecular formula is C25H31ClN6O3. The molecule has 1 amide bonds. The molecule has 0 saturated carbocycles. The van der Waals surface area contributed by atoms with E-state index in [0.29, 0.717) is 46.4 Å². The molecule has 186 valence electrons. The van der Waals surface area contributed by atoms with Crippen molar-refractivity contribution in [1.82, 2.24) is 15.2 Å².